The Kier molecular flexibility index (Phi) is 12.1. The molecule has 10 nitrogen and oxygen atoms in total. The molecule has 2 amide bonds. The Balaban J connectivity index is 0.00000506. The van der Waals surface area contributed by atoms with Gasteiger partial charge >= 0.3 is 0 Å². The van der Waals surface area contributed by atoms with E-state index in [4.69, 9.17) is 27.9 Å². The van der Waals surface area contributed by atoms with Gasteiger partial charge in [-0.05, 0) is 55.1 Å². The van der Waals surface area contributed by atoms with Crippen molar-refractivity contribution in [1.29, 1.82) is 0 Å². The standard InChI is InChI=1S/C30H29Cl2N5O5.ClH/c1-36(14-15-42-2)12-13-37-11-3-4-23(30(37)41)19-5-7-20(8-6-19)28(39)35-27-24(16-22(32)17-25(27)38)29(40)34-26-10-9-21(31)18-33-26;/h3-11,16-18,38H,12-15H2,1-2H3,(H,35,39)(H,33,34,40);1H. The second kappa shape index (κ2) is 15.5. The summed E-state index contributed by atoms with van der Waals surface area (Å²) in [5, 5.41) is 16.2. The SMILES string of the molecule is COCCN(C)CCn1cccc(-c2ccc(C(=O)Nc3c(O)cc(Cl)cc3C(=O)Nc3ccc(Cl)cn3)cc2)c1=O.Cl. The summed E-state index contributed by atoms with van der Waals surface area (Å²) < 4.78 is 6.74. The zero-order valence-corrected chi connectivity index (χ0v) is 25.7. The van der Waals surface area contributed by atoms with Crippen LogP contribution >= 0.6 is 35.6 Å². The van der Waals surface area contributed by atoms with Gasteiger partial charge in [-0.25, -0.2) is 4.98 Å². The second-order valence-corrected chi connectivity index (χ2v) is 10.3. The molecule has 43 heavy (non-hydrogen) atoms. The first kappa shape index (κ1) is 33.6. The summed E-state index contributed by atoms with van der Waals surface area (Å²) >= 11 is 11.9. The minimum Gasteiger partial charge on any atom is -0.506 e. The van der Waals surface area contributed by atoms with Gasteiger partial charge in [0.1, 0.15) is 11.6 Å². The summed E-state index contributed by atoms with van der Waals surface area (Å²) in [5.41, 5.74) is 1.04. The smallest absolute Gasteiger partial charge is 0.259 e. The topological polar surface area (TPSA) is 126 Å². The molecule has 4 aromatic rings. The number of nitrogens with one attached hydrogen (secondary N) is 2. The van der Waals surface area contributed by atoms with Gasteiger partial charge in [-0.15, -0.1) is 12.4 Å². The molecule has 0 aliphatic heterocycles. The number of hydrogen-bond acceptors (Lipinski definition) is 7. The number of rotatable bonds is 11. The second-order valence-electron chi connectivity index (χ2n) is 9.41. The van der Waals surface area contributed by atoms with Crippen molar-refractivity contribution >= 4 is 58.9 Å². The van der Waals surface area contributed by atoms with Crippen molar-refractivity contribution < 1.29 is 19.4 Å². The van der Waals surface area contributed by atoms with Gasteiger partial charge in [-0.3, -0.25) is 14.4 Å². The van der Waals surface area contributed by atoms with Crippen LogP contribution in [0, 0.1) is 0 Å². The molecule has 0 saturated heterocycles. The number of methoxy groups -OCH3 is 1. The van der Waals surface area contributed by atoms with Crippen molar-refractivity contribution in [2.75, 3.05) is 44.5 Å². The van der Waals surface area contributed by atoms with Crippen LogP contribution in [-0.4, -0.2) is 65.2 Å². The zero-order chi connectivity index (χ0) is 30.2. The first-order chi connectivity index (χ1) is 20.2. The Morgan fingerprint density at radius 2 is 1.74 bits per heavy atom. The van der Waals surface area contributed by atoms with Crippen molar-refractivity contribution in [3.63, 3.8) is 0 Å². The third-order valence-corrected chi connectivity index (χ3v) is 6.85. The summed E-state index contributed by atoms with van der Waals surface area (Å²) in [6.07, 6.45) is 3.11. The summed E-state index contributed by atoms with van der Waals surface area (Å²) in [7, 11) is 3.62. The average Bonchev–Trinajstić information content (AvgIpc) is 2.98. The van der Waals surface area contributed by atoms with Gasteiger partial charge in [0, 0.05) is 61.4 Å². The number of nitrogens with zero attached hydrogens (tertiary/aromatic N) is 3. The number of pyridine rings is 2. The van der Waals surface area contributed by atoms with E-state index in [1.807, 2.05) is 13.1 Å². The lowest BCUT2D eigenvalue weighted by molar-refractivity contribution is 0.102. The van der Waals surface area contributed by atoms with E-state index in [0.29, 0.717) is 35.8 Å². The number of carbonyl (C=O) groups excluding carboxylic acids is 2. The van der Waals surface area contributed by atoms with Crippen molar-refractivity contribution in [2.45, 2.75) is 6.54 Å². The monoisotopic (exact) mass is 645 g/mol. The first-order valence-electron chi connectivity index (χ1n) is 12.9. The van der Waals surface area contributed by atoms with Crippen LogP contribution in [0.4, 0.5) is 11.5 Å². The van der Waals surface area contributed by atoms with Gasteiger partial charge in [-0.1, -0.05) is 35.3 Å². The third kappa shape index (κ3) is 8.79. The minimum atomic E-state index is -0.654. The Morgan fingerprint density at radius 1 is 1.00 bits per heavy atom. The molecule has 0 aliphatic carbocycles. The molecule has 0 saturated carbocycles. The van der Waals surface area contributed by atoms with Gasteiger partial charge in [-0.2, -0.15) is 0 Å². The van der Waals surface area contributed by atoms with E-state index in [0.717, 1.165) is 6.54 Å². The van der Waals surface area contributed by atoms with E-state index >= 15 is 0 Å². The normalized spacial score (nSPS) is 10.7. The fraction of sp³-hybridized carbons (Fsp3) is 0.200. The molecule has 13 heteroatoms. The molecule has 3 N–H and O–H groups in total. The first-order valence-corrected chi connectivity index (χ1v) is 13.7. The van der Waals surface area contributed by atoms with E-state index in [9.17, 15) is 19.5 Å². The van der Waals surface area contributed by atoms with Crippen LogP contribution in [0.5, 0.6) is 5.75 Å². The number of hydrogen-bond donors (Lipinski definition) is 3. The molecule has 4 rings (SSSR count). The number of anilines is 2. The number of phenolic OH excluding ortho intramolecular Hbond substituents is 1. The molecular formula is C30H30Cl3N5O5. The molecule has 0 fully saturated rings. The fourth-order valence-electron chi connectivity index (χ4n) is 4.09. The Labute approximate surface area is 264 Å². The Bertz CT molecular complexity index is 1630. The number of benzene rings is 2. The van der Waals surface area contributed by atoms with Gasteiger partial charge in [0.25, 0.3) is 17.4 Å². The maximum atomic E-state index is 13.1. The van der Waals surface area contributed by atoms with Gasteiger partial charge in [0.2, 0.25) is 0 Å². The molecule has 0 spiro atoms. The number of aromatic nitrogens is 2. The molecule has 2 heterocycles. The highest BCUT2D eigenvalue weighted by Gasteiger charge is 2.20. The van der Waals surface area contributed by atoms with Crippen LogP contribution in [0.3, 0.4) is 0 Å². The van der Waals surface area contributed by atoms with Crippen LogP contribution < -0.4 is 16.2 Å². The highest BCUT2D eigenvalue weighted by molar-refractivity contribution is 6.32. The summed E-state index contributed by atoms with van der Waals surface area (Å²) in [4.78, 5) is 45.3. The van der Waals surface area contributed by atoms with E-state index < -0.39 is 11.8 Å². The number of ether oxygens (including phenoxy) is 1. The molecule has 0 bridgehead atoms. The molecule has 0 unspecified atom stereocenters. The molecule has 2 aromatic heterocycles. The number of phenols is 1. The highest BCUT2D eigenvalue weighted by Crippen LogP contribution is 2.32. The quantitative estimate of drug-likeness (QED) is 0.186. The van der Waals surface area contributed by atoms with Crippen molar-refractivity contribution in [1.82, 2.24) is 14.5 Å². The van der Waals surface area contributed by atoms with E-state index in [1.54, 1.807) is 54.3 Å². The molecule has 0 atom stereocenters. The molecule has 226 valence electrons. The largest absolute Gasteiger partial charge is 0.506 e. The Hall–Kier alpha value is -3.93. The number of halogens is 3. The van der Waals surface area contributed by atoms with Crippen LogP contribution in [-0.2, 0) is 11.3 Å². The van der Waals surface area contributed by atoms with Gasteiger partial charge in [0.05, 0.1) is 22.9 Å². The molecule has 0 aliphatic rings. The van der Waals surface area contributed by atoms with Crippen molar-refractivity contribution in [2.24, 2.45) is 0 Å². The minimum absolute atomic E-state index is 0. The van der Waals surface area contributed by atoms with Crippen LogP contribution in [0.1, 0.15) is 20.7 Å². The van der Waals surface area contributed by atoms with E-state index in [1.165, 1.54) is 24.4 Å². The van der Waals surface area contributed by atoms with Crippen LogP contribution in [0.2, 0.25) is 10.0 Å². The van der Waals surface area contributed by atoms with Crippen LogP contribution in [0.15, 0.2) is 77.9 Å². The number of aromatic hydroxyl groups is 1. The molecule has 0 radical (unpaired) electrons. The lowest BCUT2D eigenvalue weighted by atomic mass is 10.0. The fourth-order valence-corrected chi connectivity index (χ4v) is 4.42. The number of likely N-dealkylation sites (N-methyl/N-ethyl adjacent to an activating group) is 1. The third-order valence-electron chi connectivity index (χ3n) is 6.41. The summed E-state index contributed by atoms with van der Waals surface area (Å²) in [6.45, 7) is 2.56. The van der Waals surface area contributed by atoms with Gasteiger partial charge in [0.15, 0.2) is 0 Å². The van der Waals surface area contributed by atoms with E-state index in [-0.39, 0.29) is 51.4 Å². The molecule has 2 aromatic carbocycles. The van der Waals surface area contributed by atoms with Crippen molar-refractivity contribution in [3.8, 4) is 16.9 Å². The number of amides is 2. The summed E-state index contributed by atoms with van der Waals surface area (Å²) in [6, 6.07) is 15.6. The molecular weight excluding hydrogens is 617 g/mol. The van der Waals surface area contributed by atoms with Gasteiger partial charge < -0.3 is 29.9 Å². The van der Waals surface area contributed by atoms with E-state index in [2.05, 4.69) is 20.5 Å². The predicted molar refractivity (Wildman–Crippen MR) is 171 cm³/mol. The average molecular weight is 647 g/mol. The summed E-state index contributed by atoms with van der Waals surface area (Å²) in [5.74, 6) is -1.41. The predicted octanol–water partition coefficient (Wildman–Crippen LogP) is 5.43. The van der Waals surface area contributed by atoms with Crippen LogP contribution in [0.25, 0.3) is 11.1 Å². The number of carbonyl (C=O) groups is 2. The highest BCUT2D eigenvalue weighted by atomic mass is 35.5. The maximum Gasteiger partial charge on any atom is 0.259 e. The lowest BCUT2D eigenvalue weighted by Gasteiger charge is -2.17. The zero-order valence-electron chi connectivity index (χ0n) is 23.3. The lowest BCUT2D eigenvalue weighted by Crippen LogP contribution is -2.30. The Morgan fingerprint density at radius 3 is 2.42 bits per heavy atom. The maximum absolute atomic E-state index is 13.1. The van der Waals surface area contributed by atoms with Crippen molar-refractivity contribution in [3.05, 3.63) is 105 Å².